The number of para-hydroxylation sites is 1. The molecule has 0 amide bonds. The molecule has 5 aromatic carbocycles. The van der Waals surface area contributed by atoms with E-state index in [2.05, 4.69) is 125 Å². The molecule has 51 heavy (non-hydrogen) atoms. The third-order valence-electron chi connectivity index (χ3n) is 9.58. The first-order chi connectivity index (χ1) is 25.3. The second kappa shape index (κ2) is 11.9. The van der Waals surface area contributed by atoms with Gasteiger partial charge in [0, 0.05) is 44.9 Å². The fourth-order valence-corrected chi connectivity index (χ4v) is 7.15. The highest BCUT2D eigenvalue weighted by molar-refractivity contribution is 6.28. The van der Waals surface area contributed by atoms with Crippen LogP contribution < -0.4 is 0 Å². The smallest absolute Gasteiger partial charge is 0.136 e. The maximum Gasteiger partial charge on any atom is 0.136 e. The number of nitrogens with zero attached hydrogens (tertiary/aromatic N) is 4. The minimum Gasteiger partial charge on any atom is -0.456 e. The van der Waals surface area contributed by atoms with Crippen LogP contribution in [0.5, 0.6) is 0 Å². The molecule has 0 bridgehead atoms. The van der Waals surface area contributed by atoms with E-state index in [1.54, 1.807) is 12.4 Å². The normalized spacial score (nSPS) is 11.5. The molecule has 0 fully saturated rings. The van der Waals surface area contributed by atoms with Crippen molar-refractivity contribution in [3.05, 3.63) is 170 Å². The number of hydrogen-bond donors (Lipinski definition) is 0. The topological polar surface area (TPSA) is 64.7 Å². The summed E-state index contributed by atoms with van der Waals surface area (Å²) >= 11 is 0. The van der Waals surface area contributed by atoms with Crippen molar-refractivity contribution >= 4 is 43.6 Å². The molecule has 238 valence electrons. The first kappa shape index (κ1) is 29.0. The molecule has 0 spiro atoms. The van der Waals surface area contributed by atoms with Crippen LogP contribution in [-0.4, -0.2) is 19.9 Å². The number of fused-ring (bicyclic) bond motifs is 7. The molecule has 10 aromatic rings. The van der Waals surface area contributed by atoms with Crippen molar-refractivity contribution in [3.63, 3.8) is 0 Å². The van der Waals surface area contributed by atoms with Crippen LogP contribution in [-0.2, 0) is 0 Å². The SMILES string of the molecule is c1ccc(-c2nc3ccccc3c3c2ccc2oc4ccc(-c5ccc(-c6cc(-c7ccccn7)nc(-c7ccccn7)c6)cc5)cc4c23)cc1. The van der Waals surface area contributed by atoms with E-state index in [1.165, 1.54) is 0 Å². The van der Waals surface area contributed by atoms with Crippen molar-refractivity contribution in [2.45, 2.75) is 0 Å². The van der Waals surface area contributed by atoms with E-state index in [0.29, 0.717) is 0 Å². The highest BCUT2D eigenvalue weighted by Crippen LogP contribution is 2.42. The van der Waals surface area contributed by atoms with Crippen molar-refractivity contribution < 1.29 is 4.42 Å². The Kier molecular flexibility index (Phi) is 6.74. The Labute approximate surface area is 293 Å². The summed E-state index contributed by atoms with van der Waals surface area (Å²) in [5.41, 5.74) is 12.4. The number of rotatable bonds is 5. The highest BCUT2D eigenvalue weighted by Gasteiger charge is 2.18. The largest absolute Gasteiger partial charge is 0.456 e. The van der Waals surface area contributed by atoms with E-state index < -0.39 is 0 Å². The van der Waals surface area contributed by atoms with Crippen LogP contribution >= 0.6 is 0 Å². The highest BCUT2D eigenvalue weighted by atomic mass is 16.3. The first-order valence-corrected chi connectivity index (χ1v) is 17.0. The van der Waals surface area contributed by atoms with Gasteiger partial charge in [0.05, 0.1) is 34.0 Å². The van der Waals surface area contributed by atoms with E-state index >= 15 is 0 Å². The maximum atomic E-state index is 6.48. The van der Waals surface area contributed by atoms with E-state index in [0.717, 1.165) is 99.9 Å². The zero-order valence-electron chi connectivity index (χ0n) is 27.4. The molecule has 10 rings (SSSR count). The molecular formula is C46H28N4O. The van der Waals surface area contributed by atoms with Crippen LogP contribution in [0, 0.1) is 0 Å². The zero-order chi connectivity index (χ0) is 33.7. The van der Waals surface area contributed by atoms with E-state index in [9.17, 15) is 0 Å². The molecule has 5 heterocycles. The summed E-state index contributed by atoms with van der Waals surface area (Å²) in [5, 5.41) is 5.58. The monoisotopic (exact) mass is 652 g/mol. The summed E-state index contributed by atoms with van der Waals surface area (Å²) in [6, 6.07) is 54.2. The Morgan fingerprint density at radius 1 is 0.353 bits per heavy atom. The van der Waals surface area contributed by atoms with Gasteiger partial charge in [0.1, 0.15) is 11.2 Å². The molecule has 0 radical (unpaired) electrons. The number of benzene rings is 5. The fourth-order valence-electron chi connectivity index (χ4n) is 7.15. The molecule has 0 aliphatic rings. The average molecular weight is 653 g/mol. The first-order valence-electron chi connectivity index (χ1n) is 17.0. The predicted octanol–water partition coefficient (Wildman–Crippen LogP) is 11.8. The van der Waals surface area contributed by atoms with Crippen molar-refractivity contribution in [1.82, 2.24) is 19.9 Å². The van der Waals surface area contributed by atoms with Crippen LogP contribution in [0.15, 0.2) is 175 Å². The Balaban J connectivity index is 1.11. The van der Waals surface area contributed by atoms with Crippen molar-refractivity contribution in [3.8, 4) is 56.3 Å². The van der Waals surface area contributed by atoms with Gasteiger partial charge in [0.25, 0.3) is 0 Å². The van der Waals surface area contributed by atoms with Crippen molar-refractivity contribution in [2.75, 3.05) is 0 Å². The van der Waals surface area contributed by atoms with Gasteiger partial charge >= 0.3 is 0 Å². The maximum absolute atomic E-state index is 6.48. The van der Waals surface area contributed by atoms with Crippen LogP contribution in [0.3, 0.4) is 0 Å². The summed E-state index contributed by atoms with van der Waals surface area (Å²) in [7, 11) is 0. The minimum absolute atomic E-state index is 0.806. The molecule has 0 saturated heterocycles. The molecule has 5 nitrogen and oxygen atoms in total. The summed E-state index contributed by atoms with van der Waals surface area (Å²) in [5.74, 6) is 0. The van der Waals surface area contributed by atoms with Crippen molar-refractivity contribution in [2.24, 2.45) is 0 Å². The van der Waals surface area contributed by atoms with E-state index in [4.69, 9.17) is 14.4 Å². The van der Waals surface area contributed by atoms with Gasteiger partial charge in [-0.2, -0.15) is 0 Å². The standard InChI is InChI=1S/C46H28N4O/c1-2-10-31(11-3-1)46-35-21-23-43-45(44(35)34-12-4-5-13-37(34)50-46)36-26-32(20-22-42(36)51-43)29-16-18-30(19-17-29)33-27-40(38-14-6-8-24-47-38)49-41(28-33)39-15-7-9-25-48-39/h1-28H. The van der Waals surface area contributed by atoms with Gasteiger partial charge < -0.3 is 4.42 Å². The quantitative estimate of drug-likeness (QED) is 0.173. The molecule has 0 atom stereocenters. The van der Waals surface area contributed by atoms with Crippen LogP contribution in [0.25, 0.3) is 99.9 Å². The molecular weight excluding hydrogens is 625 g/mol. The molecule has 5 heteroatoms. The average Bonchev–Trinajstić information content (AvgIpc) is 3.59. The van der Waals surface area contributed by atoms with E-state index in [1.807, 2.05) is 42.5 Å². The summed E-state index contributed by atoms with van der Waals surface area (Å²) < 4.78 is 6.48. The molecule has 0 N–H and O–H groups in total. The number of pyridine rings is 4. The van der Waals surface area contributed by atoms with E-state index in [-0.39, 0.29) is 0 Å². The van der Waals surface area contributed by atoms with Gasteiger partial charge in [-0.1, -0.05) is 91.0 Å². The lowest BCUT2D eigenvalue weighted by molar-refractivity contribution is 0.669. The third-order valence-corrected chi connectivity index (χ3v) is 9.58. The second-order valence-corrected chi connectivity index (χ2v) is 12.7. The zero-order valence-corrected chi connectivity index (χ0v) is 27.4. The van der Waals surface area contributed by atoms with Gasteiger partial charge in [-0.15, -0.1) is 0 Å². The molecule has 0 aliphatic carbocycles. The predicted molar refractivity (Wildman–Crippen MR) is 207 cm³/mol. The lowest BCUT2D eigenvalue weighted by atomic mass is 9.95. The van der Waals surface area contributed by atoms with Gasteiger partial charge in [-0.05, 0) is 89.0 Å². The Hall–Kier alpha value is -6.98. The van der Waals surface area contributed by atoms with Crippen LogP contribution in [0.1, 0.15) is 0 Å². The Morgan fingerprint density at radius 2 is 0.980 bits per heavy atom. The van der Waals surface area contributed by atoms with Crippen LogP contribution in [0.4, 0.5) is 0 Å². The summed E-state index contributed by atoms with van der Waals surface area (Å²) in [6.07, 6.45) is 3.59. The van der Waals surface area contributed by atoms with Gasteiger partial charge in [-0.3, -0.25) is 9.97 Å². The van der Waals surface area contributed by atoms with Gasteiger partial charge in [-0.25, -0.2) is 9.97 Å². The fraction of sp³-hybridized carbons (Fsp3) is 0. The molecule has 0 aliphatic heterocycles. The molecule has 0 saturated carbocycles. The number of furan rings is 1. The Morgan fingerprint density at radius 3 is 1.69 bits per heavy atom. The molecule has 0 unspecified atom stereocenters. The lowest BCUT2D eigenvalue weighted by Crippen LogP contribution is -1.93. The molecule has 5 aromatic heterocycles. The van der Waals surface area contributed by atoms with Gasteiger partial charge in [0.15, 0.2) is 0 Å². The second-order valence-electron chi connectivity index (χ2n) is 12.7. The Bertz CT molecular complexity index is 2830. The van der Waals surface area contributed by atoms with Crippen LogP contribution in [0.2, 0.25) is 0 Å². The minimum atomic E-state index is 0.806. The summed E-state index contributed by atoms with van der Waals surface area (Å²) in [6.45, 7) is 0. The lowest BCUT2D eigenvalue weighted by Gasteiger charge is -2.11. The van der Waals surface area contributed by atoms with Crippen molar-refractivity contribution in [1.29, 1.82) is 0 Å². The van der Waals surface area contributed by atoms with Gasteiger partial charge in [0.2, 0.25) is 0 Å². The summed E-state index contributed by atoms with van der Waals surface area (Å²) in [4.78, 5) is 19.2. The number of aromatic nitrogens is 4. The number of hydrogen-bond acceptors (Lipinski definition) is 5. The third kappa shape index (κ3) is 5.03.